The number of primary amides is 1. The van der Waals surface area contributed by atoms with E-state index >= 15 is 0 Å². The number of halogens is 1. The monoisotopic (exact) mass is 338 g/mol. The normalized spacial score (nSPS) is 13.7. The number of hydrogen-bond acceptors (Lipinski definition) is 4. The molecular weight excluding hydrogens is 323 g/mol. The zero-order valence-corrected chi connectivity index (χ0v) is 13.4. The van der Waals surface area contributed by atoms with E-state index in [0.717, 1.165) is 24.2 Å². The first kappa shape index (κ1) is 15.2. The summed E-state index contributed by atoms with van der Waals surface area (Å²) in [6.45, 7) is 1.91. The summed E-state index contributed by atoms with van der Waals surface area (Å²) >= 11 is 0. The summed E-state index contributed by atoms with van der Waals surface area (Å²) in [5.74, 6) is 5.00. The quantitative estimate of drug-likeness (QED) is 0.616. The molecule has 4 rings (SSSR count). The van der Waals surface area contributed by atoms with E-state index in [9.17, 15) is 9.18 Å². The number of aromatic amines is 1. The van der Waals surface area contributed by atoms with E-state index in [2.05, 4.69) is 31.6 Å². The van der Waals surface area contributed by atoms with Crippen LogP contribution in [0.1, 0.15) is 46.3 Å². The second-order valence-electron chi connectivity index (χ2n) is 6.05. The van der Waals surface area contributed by atoms with Gasteiger partial charge in [0.15, 0.2) is 5.82 Å². The Labute approximate surface area is 142 Å². The number of nitrogens with two attached hydrogens (primary N) is 2. The van der Waals surface area contributed by atoms with Crippen molar-refractivity contribution in [1.29, 1.82) is 0 Å². The summed E-state index contributed by atoms with van der Waals surface area (Å²) in [7, 11) is 0. The lowest BCUT2D eigenvalue weighted by atomic mass is 10.1. The number of hydrogen-bond donors (Lipinski definition) is 3. The number of amides is 1. The number of fused-ring (bicyclic) bond motifs is 1. The van der Waals surface area contributed by atoms with Crippen LogP contribution in [0.4, 0.5) is 10.2 Å². The Balaban J connectivity index is 1.79. The molecule has 1 amide bonds. The topological polar surface area (TPSA) is 116 Å². The van der Waals surface area contributed by atoms with Crippen molar-refractivity contribution in [2.75, 3.05) is 5.73 Å². The van der Waals surface area contributed by atoms with Crippen LogP contribution in [-0.4, -0.2) is 25.7 Å². The van der Waals surface area contributed by atoms with Gasteiger partial charge in [0.25, 0.3) is 5.91 Å². The molecule has 1 aliphatic rings. The Morgan fingerprint density at radius 2 is 2.16 bits per heavy atom. The summed E-state index contributed by atoms with van der Waals surface area (Å²) in [5.41, 5.74) is 12.6. The first-order chi connectivity index (χ1) is 12.0. The van der Waals surface area contributed by atoms with Crippen LogP contribution in [0.5, 0.6) is 0 Å². The number of rotatable bonds is 2. The molecular formula is C17H15FN6O. The second-order valence-corrected chi connectivity index (χ2v) is 6.05. The molecule has 0 bridgehead atoms. The van der Waals surface area contributed by atoms with Crippen LogP contribution in [0.25, 0.3) is 11.0 Å². The van der Waals surface area contributed by atoms with Gasteiger partial charge in [-0.2, -0.15) is 5.10 Å². The summed E-state index contributed by atoms with van der Waals surface area (Å²) in [6.07, 6.45) is 2.18. The van der Waals surface area contributed by atoms with E-state index in [1.54, 1.807) is 6.07 Å². The van der Waals surface area contributed by atoms with Crippen LogP contribution in [-0.2, 0) is 0 Å². The van der Waals surface area contributed by atoms with Gasteiger partial charge >= 0.3 is 0 Å². The maximum atomic E-state index is 14.5. The van der Waals surface area contributed by atoms with Crippen LogP contribution < -0.4 is 11.5 Å². The summed E-state index contributed by atoms with van der Waals surface area (Å²) < 4.78 is 16.5. The third-order valence-corrected chi connectivity index (χ3v) is 4.23. The van der Waals surface area contributed by atoms with Crippen LogP contribution >= 0.6 is 0 Å². The van der Waals surface area contributed by atoms with Crippen molar-refractivity contribution in [3.63, 3.8) is 0 Å². The molecule has 2 heterocycles. The summed E-state index contributed by atoms with van der Waals surface area (Å²) in [6, 6.07) is 3.47. The number of aromatic nitrogens is 4. The Bertz CT molecular complexity index is 1080. The molecule has 0 atom stereocenters. The number of anilines is 1. The maximum absolute atomic E-state index is 14.5. The maximum Gasteiger partial charge on any atom is 0.255 e. The first-order valence-corrected chi connectivity index (χ1v) is 7.79. The highest BCUT2D eigenvalue weighted by Crippen LogP contribution is 2.38. The first-order valence-electron chi connectivity index (χ1n) is 7.79. The summed E-state index contributed by atoms with van der Waals surface area (Å²) in [4.78, 5) is 15.9. The van der Waals surface area contributed by atoms with E-state index in [1.807, 2.05) is 6.92 Å². The number of imidazole rings is 1. The standard InChI is InChI=1S/C17H15FN6O/c1-8-21-13-6-9(11(18)7-14(13)24(8)10-3-4-10)2-5-12-15(17(20)25)16(19)23-22-12/h6-7,10H,3-4H2,1H3,(H2,20,25)(H3,19,22,23). The molecule has 0 spiro atoms. The minimum absolute atomic E-state index is 0.00263. The predicted octanol–water partition coefficient (Wildman–Crippen LogP) is 1.62. The Hall–Kier alpha value is -3.34. The zero-order chi connectivity index (χ0) is 17.7. The van der Waals surface area contributed by atoms with Crippen molar-refractivity contribution in [2.45, 2.75) is 25.8 Å². The summed E-state index contributed by atoms with van der Waals surface area (Å²) in [5, 5.41) is 6.23. The van der Waals surface area contributed by atoms with E-state index in [1.165, 1.54) is 6.07 Å². The minimum atomic E-state index is -0.745. The van der Waals surface area contributed by atoms with Gasteiger partial charge in [-0.15, -0.1) is 0 Å². The number of carbonyl (C=O) groups excluding carboxylic acids is 1. The van der Waals surface area contributed by atoms with Gasteiger partial charge in [-0.25, -0.2) is 9.37 Å². The highest BCUT2D eigenvalue weighted by Gasteiger charge is 2.27. The molecule has 25 heavy (non-hydrogen) atoms. The Kier molecular flexibility index (Phi) is 3.25. The lowest BCUT2D eigenvalue weighted by Crippen LogP contribution is -2.13. The number of nitrogen functional groups attached to an aromatic ring is 1. The molecule has 1 aromatic carbocycles. The number of benzene rings is 1. The lowest BCUT2D eigenvalue weighted by molar-refractivity contribution is 0.100. The average Bonchev–Trinajstić information content (AvgIpc) is 3.23. The van der Waals surface area contributed by atoms with E-state index in [-0.39, 0.29) is 22.6 Å². The fourth-order valence-electron chi connectivity index (χ4n) is 2.95. The van der Waals surface area contributed by atoms with Gasteiger partial charge in [-0.3, -0.25) is 9.89 Å². The fourth-order valence-corrected chi connectivity index (χ4v) is 2.95. The molecule has 0 unspecified atom stereocenters. The molecule has 0 aliphatic heterocycles. The molecule has 2 aromatic heterocycles. The second kappa shape index (κ2) is 5.34. The predicted molar refractivity (Wildman–Crippen MR) is 90.2 cm³/mol. The minimum Gasteiger partial charge on any atom is -0.382 e. The van der Waals surface area contributed by atoms with Gasteiger partial charge in [-0.05, 0) is 31.8 Å². The molecule has 8 heteroatoms. The van der Waals surface area contributed by atoms with Crippen molar-refractivity contribution in [2.24, 2.45) is 5.73 Å². The smallest absolute Gasteiger partial charge is 0.255 e. The number of aryl methyl sites for hydroxylation is 1. The van der Waals surface area contributed by atoms with Crippen molar-refractivity contribution in [3.05, 3.63) is 40.6 Å². The molecule has 5 N–H and O–H groups in total. The molecule has 3 aromatic rings. The van der Waals surface area contributed by atoms with Crippen molar-refractivity contribution < 1.29 is 9.18 Å². The van der Waals surface area contributed by atoms with Gasteiger partial charge in [-0.1, -0.05) is 5.92 Å². The van der Waals surface area contributed by atoms with Gasteiger partial charge < -0.3 is 16.0 Å². The highest BCUT2D eigenvalue weighted by molar-refractivity contribution is 5.99. The lowest BCUT2D eigenvalue weighted by Gasteiger charge is -2.04. The number of carbonyl (C=O) groups is 1. The third-order valence-electron chi connectivity index (χ3n) is 4.23. The van der Waals surface area contributed by atoms with Gasteiger partial charge in [0.2, 0.25) is 0 Å². The van der Waals surface area contributed by atoms with Crippen LogP contribution in [0.15, 0.2) is 12.1 Å². The Morgan fingerprint density at radius 1 is 1.40 bits per heavy atom. The average molecular weight is 338 g/mol. The molecule has 1 saturated carbocycles. The van der Waals surface area contributed by atoms with Gasteiger partial charge in [0.1, 0.15) is 22.9 Å². The van der Waals surface area contributed by atoms with Crippen LogP contribution in [0, 0.1) is 24.6 Å². The SMILES string of the molecule is Cc1nc2cc(C#Cc3[nH]nc(N)c3C(N)=O)c(F)cc2n1C1CC1. The highest BCUT2D eigenvalue weighted by atomic mass is 19.1. The van der Waals surface area contributed by atoms with Gasteiger partial charge in [0, 0.05) is 12.1 Å². The van der Waals surface area contributed by atoms with Crippen molar-refractivity contribution in [1.82, 2.24) is 19.7 Å². The molecule has 0 saturated heterocycles. The largest absolute Gasteiger partial charge is 0.382 e. The van der Waals surface area contributed by atoms with Crippen molar-refractivity contribution >= 4 is 22.8 Å². The molecule has 1 fully saturated rings. The molecule has 1 aliphatic carbocycles. The zero-order valence-electron chi connectivity index (χ0n) is 13.4. The molecule has 7 nitrogen and oxygen atoms in total. The fraction of sp³-hybridized carbons (Fsp3) is 0.235. The number of H-pyrrole nitrogens is 1. The van der Waals surface area contributed by atoms with Crippen molar-refractivity contribution in [3.8, 4) is 11.8 Å². The van der Waals surface area contributed by atoms with Gasteiger partial charge in [0.05, 0.1) is 16.6 Å². The van der Waals surface area contributed by atoms with E-state index in [4.69, 9.17) is 11.5 Å². The third kappa shape index (κ3) is 2.50. The van der Waals surface area contributed by atoms with Crippen LogP contribution in [0.2, 0.25) is 0 Å². The molecule has 0 radical (unpaired) electrons. The Morgan fingerprint density at radius 3 is 2.84 bits per heavy atom. The number of nitrogens with zero attached hydrogens (tertiary/aromatic N) is 3. The van der Waals surface area contributed by atoms with E-state index < -0.39 is 11.7 Å². The van der Waals surface area contributed by atoms with Crippen LogP contribution in [0.3, 0.4) is 0 Å². The number of nitrogens with one attached hydrogen (secondary N) is 1. The van der Waals surface area contributed by atoms with E-state index in [0.29, 0.717) is 11.6 Å². The molecule has 126 valence electrons.